The largest absolute Gasteiger partial charge is 0.353 e. The molecule has 0 saturated carbocycles. The second-order valence-corrected chi connectivity index (χ2v) is 6.67. The normalized spacial score (nSPS) is 22.7. The van der Waals surface area contributed by atoms with Gasteiger partial charge in [-0.2, -0.15) is 0 Å². The number of nitro groups is 1. The molecule has 1 atom stereocenters. The molecule has 0 radical (unpaired) electrons. The minimum Gasteiger partial charge on any atom is -0.348 e. The summed E-state index contributed by atoms with van der Waals surface area (Å²) in [5.74, 6) is 0.967. The Kier molecular flexibility index (Phi) is 5.13. The van der Waals surface area contributed by atoms with Crippen molar-refractivity contribution in [2.45, 2.75) is 38.6 Å². The summed E-state index contributed by atoms with van der Waals surface area (Å²) >= 11 is 0. The van der Waals surface area contributed by atoms with Gasteiger partial charge in [-0.05, 0) is 32.7 Å². The number of aromatic nitrogens is 2. The Morgan fingerprint density at radius 3 is 2.54 bits per heavy atom. The second kappa shape index (κ2) is 7.29. The highest BCUT2D eigenvalue weighted by Crippen LogP contribution is 2.37. The van der Waals surface area contributed by atoms with E-state index in [1.54, 1.807) is 0 Å². The van der Waals surface area contributed by atoms with Crippen LogP contribution in [0, 0.1) is 10.1 Å². The summed E-state index contributed by atoms with van der Waals surface area (Å²) in [6.45, 7) is 6.25. The molecule has 0 aliphatic carbocycles. The molecule has 2 fully saturated rings. The van der Waals surface area contributed by atoms with Crippen LogP contribution in [-0.2, 0) is 0 Å². The molecule has 0 bridgehead atoms. The summed E-state index contributed by atoms with van der Waals surface area (Å²) in [7, 11) is 2.07. The fourth-order valence-electron chi connectivity index (χ4n) is 3.69. The van der Waals surface area contributed by atoms with Gasteiger partial charge >= 0.3 is 5.69 Å². The van der Waals surface area contributed by atoms with E-state index >= 15 is 0 Å². The van der Waals surface area contributed by atoms with Crippen LogP contribution in [0.25, 0.3) is 0 Å². The zero-order chi connectivity index (χ0) is 17.1. The van der Waals surface area contributed by atoms with Crippen molar-refractivity contribution in [3.05, 3.63) is 16.4 Å². The van der Waals surface area contributed by atoms with Crippen LogP contribution in [-0.4, -0.2) is 65.6 Å². The van der Waals surface area contributed by atoms with Gasteiger partial charge in [0.25, 0.3) is 0 Å². The molecule has 1 aromatic rings. The van der Waals surface area contributed by atoms with Crippen LogP contribution in [0.2, 0.25) is 0 Å². The topological polar surface area (TPSA) is 78.6 Å². The molecule has 0 aromatic carbocycles. The van der Waals surface area contributed by atoms with Crippen LogP contribution in [0.5, 0.6) is 0 Å². The molecule has 3 heterocycles. The number of anilines is 2. The highest BCUT2D eigenvalue weighted by Gasteiger charge is 2.34. The number of likely N-dealkylation sites (N-methyl/N-ethyl adjacent to an activating group) is 1. The van der Waals surface area contributed by atoms with Gasteiger partial charge in [0, 0.05) is 38.8 Å². The maximum Gasteiger partial charge on any atom is 0.353 e. The average Bonchev–Trinajstić information content (AvgIpc) is 2.61. The molecule has 2 saturated heterocycles. The summed E-state index contributed by atoms with van der Waals surface area (Å²) in [6.07, 6.45) is 5.77. The lowest BCUT2D eigenvalue weighted by molar-refractivity contribution is -0.383. The number of piperidine rings is 1. The second-order valence-electron chi connectivity index (χ2n) is 6.67. The van der Waals surface area contributed by atoms with Crippen molar-refractivity contribution in [1.82, 2.24) is 14.9 Å². The quantitative estimate of drug-likeness (QED) is 0.614. The molecular weight excluding hydrogens is 308 g/mol. The fourth-order valence-corrected chi connectivity index (χ4v) is 3.69. The Morgan fingerprint density at radius 2 is 1.88 bits per heavy atom. The van der Waals surface area contributed by atoms with Crippen LogP contribution in [0.3, 0.4) is 0 Å². The number of hydrogen-bond acceptors (Lipinski definition) is 7. The minimum absolute atomic E-state index is 0.0717. The minimum atomic E-state index is -0.301. The van der Waals surface area contributed by atoms with Gasteiger partial charge in [-0.3, -0.25) is 10.1 Å². The number of hydrogen-bond donors (Lipinski definition) is 0. The summed E-state index contributed by atoms with van der Waals surface area (Å²) in [5, 5.41) is 11.8. The van der Waals surface area contributed by atoms with Gasteiger partial charge in [0.05, 0.1) is 4.92 Å². The third-order valence-electron chi connectivity index (χ3n) is 5.14. The molecule has 24 heavy (non-hydrogen) atoms. The molecule has 8 heteroatoms. The third kappa shape index (κ3) is 3.28. The lowest BCUT2D eigenvalue weighted by atomic mass is 10.00. The van der Waals surface area contributed by atoms with Gasteiger partial charge in [0.2, 0.25) is 11.6 Å². The molecule has 1 aromatic heterocycles. The van der Waals surface area contributed by atoms with E-state index in [1.807, 2.05) is 4.90 Å². The lowest BCUT2D eigenvalue weighted by Gasteiger charge is -2.37. The summed E-state index contributed by atoms with van der Waals surface area (Å²) in [4.78, 5) is 26.5. The van der Waals surface area contributed by atoms with Crippen LogP contribution in [0.4, 0.5) is 17.3 Å². The molecule has 2 aliphatic rings. The van der Waals surface area contributed by atoms with Crippen LogP contribution >= 0.6 is 0 Å². The molecule has 0 amide bonds. The number of nitrogens with zero attached hydrogens (tertiary/aromatic N) is 6. The first kappa shape index (κ1) is 16.9. The van der Waals surface area contributed by atoms with Crippen LogP contribution in [0.15, 0.2) is 6.33 Å². The Hall–Kier alpha value is -1.96. The van der Waals surface area contributed by atoms with Crippen LogP contribution < -0.4 is 9.80 Å². The van der Waals surface area contributed by atoms with Crippen molar-refractivity contribution in [2.75, 3.05) is 49.6 Å². The van der Waals surface area contributed by atoms with Gasteiger partial charge in [0.1, 0.15) is 6.33 Å². The molecule has 0 N–H and O–H groups in total. The summed E-state index contributed by atoms with van der Waals surface area (Å²) in [6, 6.07) is 0.327. The predicted octanol–water partition coefficient (Wildman–Crippen LogP) is 1.91. The van der Waals surface area contributed by atoms with Crippen LogP contribution in [0.1, 0.15) is 32.6 Å². The van der Waals surface area contributed by atoms with Gasteiger partial charge in [-0.1, -0.05) is 6.92 Å². The van der Waals surface area contributed by atoms with Crippen molar-refractivity contribution in [3.8, 4) is 0 Å². The first-order valence-corrected chi connectivity index (χ1v) is 8.81. The molecule has 2 aliphatic heterocycles. The molecule has 1 unspecified atom stereocenters. The van der Waals surface area contributed by atoms with Gasteiger partial charge in [-0.15, -0.1) is 0 Å². The maximum absolute atomic E-state index is 11.8. The van der Waals surface area contributed by atoms with Crippen molar-refractivity contribution in [2.24, 2.45) is 0 Å². The third-order valence-corrected chi connectivity index (χ3v) is 5.14. The monoisotopic (exact) mass is 334 g/mol. The maximum atomic E-state index is 11.8. The van der Waals surface area contributed by atoms with Crippen molar-refractivity contribution in [3.63, 3.8) is 0 Å². The van der Waals surface area contributed by atoms with Crippen molar-refractivity contribution < 1.29 is 4.92 Å². The highest BCUT2D eigenvalue weighted by atomic mass is 16.6. The first-order chi connectivity index (χ1) is 11.6. The van der Waals surface area contributed by atoms with E-state index in [9.17, 15) is 10.1 Å². The van der Waals surface area contributed by atoms with E-state index in [1.165, 1.54) is 12.7 Å². The lowest BCUT2D eigenvalue weighted by Crippen LogP contribution is -2.45. The zero-order valence-electron chi connectivity index (χ0n) is 14.5. The van der Waals surface area contributed by atoms with E-state index in [0.29, 0.717) is 17.7 Å². The SMILES string of the molecule is CCC1CCCCN1c1ncnc(N2CCN(C)CC2)c1[N+](=O)[O-]. The summed E-state index contributed by atoms with van der Waals surface area (Å²) < 4.78 is 0. The average molecular weight is 334 g/mol. The Bertz CT molecular complexity index is 588. The van der Waals surface area contributed by atoms with E-state index in [-0.39, 0.29) is 10.6 Å². The fraction of sp³-hybridized carbons (Fsp3) is 0.750. The van der Waals surface area contributed by atoms with E-state index in [0.717, 1.165) is 52.0 Å². The van der Waals surface area contributed by atoms with Gasteiger partial charge < -0.3 is 14.7 Å². The smallest absolute Gasteiger partial charge is 0.348 e. The Morgan fingerprint density at radius 1 is 1.17 bits per heavy atom. The number of rotatable bonds is 4. The molecular formula is C16H26N6O2. The Labute approximate surface area is 142 Å². The van der Waals surface area contributed by atoms with Crippen molar-refractivity contribution in [1.29, 1.82) is 0 Å². The van der Waals surface area contributed by atoms with Crippen molar-refractivity contribution >= 4 is 17.3 Å². The Balaban J connectivity index is 1.97. The van der Waals surface area contributed by atoms with Gasteiger partial charge in [-0.25, -0.2) is 9.97 Å². The predicted molar refractivity (Wildman–Crippen MR) is 93.7 cm³/mol. The molecule has 132 valence electrons. The standard InChI is InChI=1S/C16H26N6O2/c1-3-13-6-4-5-7-21(13)16-14(22(23)24)15(17-12-18-16)20-10-8-19(2)9-11-20/h12-13H,3-11H2,1-2H3. The highest BCUT2D eigenvalue weighted by molar-refractivity contribution is 5.71. The first-order valence-electron chi connectivity index (χ1n) is 8.81. The number of piperazine rings is 1. The van der Waals surface area contributed by atoms with E-state index in [2.05, 4.69) is 33.7 Å². The zero-order valence-corrected chi connectivity index (χ0v) is 14.5. The van der Waals surface area contributed by atoms with Gasteiger partial charge in [0.15, 0.2) is 0 Å². The van der Waals surface area contributed by atoms with E-state index in [4.69, 9.17) is 0 Å². The van der Waals surface area contributed by atoms with E-state index < -0.39 is 0 Å². The molecule has 0 spiro atoms. The molecule has 8 nitrogen and oxygen atoms in total. The summed E-state index contributed by atoms with van der Waals surface area (Å²) in [5.41, 5.74) is 0.0717. The molecule has 3 rings (SSSR count).